The molecule has 2 aromatic heterocycles. The van der Waals surface area contributed by atoms with Gasteiger partial charge in [-0.1, -0.05) is 13.8 Å². The maximum absolute atomic E-state index is 5.84. The minimum atomic E-state index is 0.573. The van der Waals surface area contributed by atoms with Crippen molar-refractivity contribution in [2.75, 3.05) is 5.88 Å². The van der Waals surface area contributed by atoms with Crippen molar-refractivity contribution in [3.8, 4) is 0 Å². The summed E-state index contributed by atoms with van der Waals surface area (Å²) in [5.41, 5.74) is 3.17. The first kappa shape index (κ1) is 12.4. The van der Waals surface area contributed by atoms with E-state index in [0.29, 0.717) is 11.8 Å². The van der Waals surface area contributed by atoms with Gasteiger partial charge in [-0.25, -0.2) is 9.97 Å². The molecule has 0 bridgehead atoms. The molecule has 0 amide bonds. The molecule has 0 spiro atoms. The zero-order valence-electron chi connectivity index (χ0n) is 10.6. The maximum Gasteiger partial charge on any atom is 0.160 e. The first-order valence-corrected chi connectivity index (χ1v) is 6.53. The van der Waals surface area contributed by atoms with E-state index < -0.39 is 0 Å². The molecule has 2 aromatic rings. The molecule has 0 atom stereocenters. The Hall–Kier alpha value is -1.09. The van der Waals surface area contributed by atoms with Crippen molar-refractivity contribution in [1.29, 1.82) is 0 Å². The molecule has 0 aliphatic rings. The van der Waals surface area contributed by atoms with Crippen LogP contribution in [0.1, 0.15) is 25.2 Å². The van der Waals surface area contributed by atoms with Crippen LogP contribution in [-0.4, -0.2) is 20.4 Å². The lowest BCUT2D eigenvalue weighted by molar-refractivity contribution is 0.516. The number of alkyl halides is 1. The van der Waals surface area contributed by atoms with Crippen LogP contribution in [0.3, 0.4) is 0 Å². The summed E-state index contributed by atoms with van der Waals surface area (Å²) in [5, 5.41) is 0. The predicted molar refractivity (Wildman–Crippen MR) is 71.5 cm³/mol. The number of aromatic nitrogens is 3. The van der Waals surface area contributed by atoms with E-state index >= 15 is 0 Å². The third-order valence-electron chi connectivity index (χ3n) is 2.78. The normalized spacial score (nSPS) is 11.6. The van der Waals surface area contributed by atoms with E-state index in [2.05, 4.69) is 35.3 Å². The number of rotatable bonds is 4. The van der Waals surface area contributed by atoms with Gasteiger partial charge in [-0.05, 0) is 24.5 Å². The molecule has 92 valence electrons. The Labute approximate surface area is 107 Å². The molecule has 17 heavy (non-hydrogen) atoms. The highest BCUT2D eigenvalue weighted by atomic mass is 35.5. The summed E-state index contributed by atoms with van der Waals surface area (Å²) < 4.78 is 2.20. The highest BCUT2D eigenvalue weighted by Crippen LogP contribution is 2.19. The standard InChI is InChI=1S/C13H18ClN3/c1-9(2)8-17-11(4-6-14)16-12-10(3)5-7-15-13(12)17/h5,7,9H,4,6,8H2,1-3H3. The molecule has 0 unspecified atom stereocenters. The van der Waals surface area contributed by atoms with Gasteiger partial charge in [0.05, 0.1) is 0 Å². The minimum absolute atomic E-state index is 0.573. The van der Waals surface area contributed by atoms with Crippen LogP contribution in [0.25, 0.3) is 11.2 Å². The van der Waals surface area contributed by atoms with Gasteiger partial charge in [0.25, 0.3) is 0 Å². The summed E-state index contributed by atoms with van der Waals surface area (Å²) in [6.45, 7) is 7.42. The first-order valence-electron chi connectivity index (χ1n) is 6.00. The van der Waals surface area contributed by atoms with Crippen molar-refractivity contribution in [2.45, 2.75) is 33.7 Å². The fraction of sp³-hybridized carbons (Fsp3) is 0.538. The fourth-order valence-corrected chi connectivity index (χ4v) is 2.18. The molecule has 2 heterocycles. The molecule has 0 aliphatic carbocycles. The Balaban J connectivity index is 2.58. The Morgan fingerprint density at radius 3 is 2.82 bits per heavy atom. The molecular weight excluding hydrogens is 234 g/mol. The van der Waals surface area contributed by atoms with Gasteiger partial charge in [-0.2, -0.15) is 0 Å². The third-order valence-corrected chi connectivity index (χ3v) is 2.97. The van der Waals surface area contributed by atoms with Crippen molar-refractivity contribution in [2.24, 2.45) is 5.92 Å². The summed E-state index contributed by atoms with van der Waals surface area (Å²) in [6.07, 6.45) is 2.64. The Bertz CT molecular complexity index is 517. The highest BCUT2D eigenvalue weighted by Gasteiger charge is 2.13. The van der Waals surface area contributed by atoms with Gasteiger partial charge in [0, 0.05) is 25.0 Å². The van der Waals surface area contributed by atoms with Crippen LogP contribution in [0.4, 0.5) is 0 Å². The van der Waals surface area contributed by atoms with Gasteiger partial charge in [-0.15, -0.1) is 11.6 Å². The molecule has 0 aliphatic heterocycles. The number of halogens is 1. The second-order valence-corrected chi connectivity index (χ2v) is 5.15. The summed E-state index contributed by atoms with van der Waals surface area (Å²) in [7, 11) is 0. The van der Waals surface area contributed by atoms with E-state index in [4.69, 9.17) is 11.6 Å². The zero-order chi connectivity index (χ0) is 12.4. The van der Waals surface area contributed by atoms with Crippen molar-refractivity contribution < 1.29 is 0 Å². The van der Waals surface area contributed by atoms with Gasteiger partial charge < -0.3 is 4.57 Å². The largest absolute Gasteiger partial charge is 0.312 e. The van der Waals surface area contributed by atoms with Crippen molar-refractivity contribution in [1.82, 2.24) is 14.5 Å². The molecule has 2 rings (SSSR count). The Morgan fingerprint density at radius 1 is 1.41 bits per heavy atom. The van der Waals surface area contributed by atoms with Crippen LogP contribution in [0.2, 0.25) is 0 Å². The van der Waals surface area contributed by atoms with E-state index in [1.165, 1.54) is 5.56 Å². The monoisotopic (exact) mass is 251 g/mol. The van der Waals surface area contributed by atoms with E-state index in [-0.39, 0.29) is 0 Å². The number of fused-ring (bicyclic) bond motifs is 1. The van der Waals surface area contributed by atoms with E-state index in [0.717, 1.165) is 30.0 Å². The van der Waals surface area contributed by atoms with Gasteiger partial charge >= 0.3 is 0 Å². The summed E-state index contributed by atoms with van der Waals surface area (Å²) >= 11 is 5.84. The first-order chi connectivity index (χ1) is 8.13. The number of imidazole rings is 1. The maximum atomic E-state index is 5.84. The molecular formula is C13H18ClN3. The topological polar surface area (TPSA) is 30.7 Å². The molecule has 0 radical (unpaired) electrons. The number of hydrogen-bond donors (Lipinski definition) is 0. The minimum Gasteiger partial charge on any atom is -0.312 e. The SMILES string of the molecule is Cc1ccnc2c1nc(CCCl)n2CC(C)C. The zero-order valence-corrected chi connectivity index (χ0v) is 11.3. The molecule has 0 saturated carbocycles. The molecule has 0 N–H and O–H groups in total. The van der Waals surface area contributed by atoms with Crippen LogP contribution in [-0.2, 0) is 13.0 Å². The van der Waals surface area contributed by atoms with Gasteiger partial charge in [0.1, 0.15) is 11.3 Å². The highest BCUT2D eigenvalue weighted by molar-refractivity contribution is 6.17. The predicted octanol–water partition coefficient (Wildman–Crippen LogP) is 3.18. The lowest BCUT2D eigenvalue weighted by atomic mass is 10.2. The second-order valence-electron chi connectivity index (χ2n) is 4.77. The lowest BCUT2D eigenvalue weighted by Gasteiger charge is -2.10. The second kappa shape index (κ2) is 5.05. The van der Waals surface area contributed by atoms with Crippen molar-refractivity contribution in [3.05, 3.63) is 23.7 Å². The van der Waals surface area contributed by atoms with Crippen LogP contribution in [0.15, 0.2) is 12.3 Å². The molecule has 0 aromatic carbocycles. The smallest absolute Gasteiger partial charge is 0.160 e. The third kappa shape index (κ3) is 2.44. The van der Waals surface area contributed by atoms with Gasteiger partial charge in [0.15, 0.2) is 5.65 Å². The fourth-order valence-electron chi connectivity index (χ4n) is 2.02. The summed E-state index contributed by atoms with van der Waals surface area (Å²) in [5.74, 6) is 2.22. The number of pyridine rings is 1. The van der Waals surface area contributed by atoms with Crippen molar-refractivity contribution >= 4 is 22.8 Å². The van der Waals surface area contributed by atoms with Crippen LogP contribution in [0.5, 0.6) is 0 Å². The molecule has 3 nitrogen and oxygen atoms in total. The van der Waals surface area contributed by atoms with E-state index in [9.17, 15) is 0 Å². The van der Waals surface area contributed by atoms with E-state index in [1.54, 1.807) is 0 Å². The van der Waals surface area contributed by atoms with Gasteiger partial charge in [-0.3, -0.25) is 0 Å². The quantitative estimate of drug-likeness (QED) is 0.782. The lowest BCUT2D eigenvalue weighted by Crippen LogP contribution is -2.09. The Kier molecular flexibility index (Phi) is 3.67. The van der Waals surface area contributed by atoms with Gasteiger partial charge in [0.2, 0.25) is 0 Å². The molecule has 4 heteroatoms. The Morgan fingerprint density at radius 2 is 2.18 bits per heavy atom. The van der Waals surface area contributed by atoms with Crippen LogP contribution >= 0.6 is 11.6 Å². The van der Waals surface area contributed by atoms with Crippen LogP contribution < -0.4 is 0 Å². The summed E-state index contributed by atoms with van der Waals surface area (Å²) in [4.78, 5) is 9.13. The number of aryl methyl sites for hydroxylation is 2. The average Bonchev–Trinajstić information content (AvgIpc) is 2.59. The van der Waals surface area contributed by atoms with Crippen LogP contribution in [0, 0.1) is 12.8 Å². The molecule has 0 saturated heterocycles. The average molecular weight is 252 g/mol. The number of nitrogens with zero attached hydrogens (tertiary/aromatic N) is 3. The number of hydrogen-bond acceptors (Lipinski definition) is 2. The molecule has 0 fully saturated rings. The van der Waals surface area contributed by atoms with E-state index in [1.807, 2.05) is 12.3 Å². The van der Waals surface area contributed by atoms with Crippen molar-refractivity contribution in [3.63, 3.8) is 0 Å². The summed E-state index contributed by atoms with van der Waals surface area (Å²) in [6, 6.07) is 2.00.